The van der Waals surface area contributed by atoms with Crippen molar-refractivity contribution in [3.05, 3.63) is 65.4 Å². The van der Waals surface area contributed by atoms with Crippen LogP contribution < -0.4 is 10.6 Å². The van der Waals surface area contributed by atoms with Gasteiger partial charge in [-0.25, -0.2) is 0 Å². The highest BCUT2D eigenvalue weighted by Gasteiger charge is 2.23. The molecule has 1 aliphatic carbocycles. The van der Waals surface area contributed by atoms with Crippen LogP contribution in [0.15, 0.2) is 48.5 Å². The van der Waals surface area contributed by atoms with E-state index in [4.69, 9.17) is 0 Å². The Labute approximate surface area is 158 Å². The average molecular weight is 361 g/mol. The summed E-state index contributed by atoms with van der Waals surface area (Å²) in [6, 6.07) is 15.2. The SMILES string of the molecule is Cc1cccc(C(=O)Nc2c(C(=O)NC3CCCC3)[nH]c3ccccc23)c1. The van der Waals surface area contributed by atoms with E-state index in [1.165, 1.54) is 0 Å². The zero-order valence-corrected chi connectivity index (χ0v) is 15.3. The monoisotopic (exact) mass is 361 g/mol. The fourth-order valence-electron chi connectivity index (χ4n) is 3.74. The third-order valence-electron chi connectivity index (χ3n) is 5.14. The summed E-state index contributed by atoms with van der Waals surface area (Å²) in [7, 11) is 0. The van der Waals surface area contributed by atoms with E-state index in [0.717, 1.165) is 42.1 Å². The molecule has 0 spiro atoms. The van der Waals surface area contributed by atoms with E-state index in [-0.39, 0.29) is 17.9 Å². The van der Waals surface area contributed by atoms with Gasteiger partial charge < -0.3 is 15.6 Å². The highest BCUT2D eigenvalue weighted by molar-refractivity contribution is 6.15. The van der Waals surface area contributed by atoms with Crippen LogP contribution in [0.3, 0.4) is 0 Å². The predicted molar refractivity (Wildman–Crippen MR) is 107 cm³/mol. The van der Waals surface area contributed by atoms with Crippen LogP contribution in [0.4, 0.5) is 5.69 Å². The van der Waals surface area contributed by atoms with Crippen molar-refractivity contribution >= 4 is 28.4 Å². The number of carbonyl (C=O) groups excluding carboxylic acids is 2. The van der Waals surface area contributed by atoms with Crippen LogP contribution in [0, 0.1) is 6.92 Å². The van der Waals surface area contributed by atoms with Gasteiger partial charge in [-0.2, -0.15) is 0 Å². The van der Waals surface area contributed by atoms with Gasteiger partial charge in [0.05, 0.1) is 5.69 Å². The fraction of sp³-hybridized carbons (Fsp3) is 0.273. The van der Waals surface area contributed by atoms with Gasteiger partial charge in [0.25, 0.3) is 11.8 Å². The minimum absolute atomic E-state index is 0.169. The molecule has 0 saturated heterocycles. The summed E-state index contributed by atoms with van der Waals surface area (Å²) in [5.74, 6) is -0.393. The zero-order chi connectivity index (χ0) is 18.8. The predicted octanol–water partition coefficient (Wildman–Crippen LogP) is 4.40. The molecule has 3 aromatic rings. The van der Waals surface area contributed by atoms with Crippen LogP contribution in [0.25, 0.3) is 10.9 Å². The minimum atomic E-state index is -0.224. The second-order valence-corrected chi connectivity index (χ2v) is 7.20. The van der Waals surface area contributed by atoms with Crippen molar-refractivity contribution in [3.63, 3.8) is 0 Å². The molecular weight excluding hydrogens is 338 g/mol. The molecule has 0 unspecified atom stereocenters. The summed E-state index contributed by atoms with van der Waals surface area (Å²) in [5.41, 5.74) is 3.36. The Bertz CT molecular complexity index is 1000. The molecule has 5 nitrogen and oxygen atoms in total. The first-order chi connectivity index (χ1) is 13.1. The van der Waals surface area contributed by atoms with Gasteiger partial charge in [0, 0.05) is 22.5 Å². The Balaban J connectivity index is 1.67. The number of nitrogens with one attached hydrogen (secondary N) is 3. The van der Waals surface area contributed by atoms with E-state index in [9.17, 15) is 9.59 Å². The van der Waals surface area contributed by atoms with Gasteiger partial charge in [0.2, 0.25) is 0 Å². The van der Waals surface area contributed by atoms with Crippen molar-refractivity contribution in [2.24, 2.45) is 0 Å². The van der Waals surface area contributed by atoms with E-state index in [1.54, 1.807) is 6.07 Å². The fourth-order valence-corrected chi connectivity index (χ4v) is 3.74. The summed E-state index contributed by atoms with van der Waals surface area (Å²) < 4.78 is 0. The van der Waals surface area contributed by atoms with Gasteiger partial charge in [0.1, 0.15) is 5.69 Å². The number of hydrogen-bond donors (Lipinski definition) is 3. The number of fused-ring (bicyclic) bond motifs is 1. The number of aromatic nitrogens is 1. The van der Waals surface area contributed by atoms with Gasteiger partial charge >= 0.3 is 0 Å². The molecule has 5 heteroatoms. The Morgan fingerprint density at radius 1 is 1.00 bits per heavy atom. The number of amides is 2. The molecule has 138 valence electrons. The molecule has 0 atom stereocenters. The average Bonchev–Trinajstić information content (AvgIpc) is 3.30. The number of aryl methyl sites for hydroxylation is 1. The number of hydrogen-bond acceptors (Lipinski definition) is 2. The first kappa shape index (κ1) is 17.3. The molecule has 2 amide bonds. The third kappa shape index (κ3) is 3.58. The van der Waals surface area contributed by atoms with E-state index in [0.29, 0.717) is 16.9 Å². The number of H-pyrrole nitrogens is 1. The maximum Gasteiger partial charge on any atom is 0.270 e. The van der Waals surface area contributed by atoms with Crippen LogP contribution in [-0.4, -0.2) is 22.8 Å². The summed E-state index contributed by atoms with van der Waals surface area (Å²) in [6.07, 6.45) is 4.32. The van der Waals surface area contributed by atoms with E-state index in [1.807, 2.05) is 49.4 Å². The molecule has 1 aliphatic rings. The minimum Gasteiger partial charge on any atom is -0.349 e. The molecule has 0 aliphatic heterocycles. The van der Waals surface area contributed by atoms with Crippen LogP contribution >= 0.6 is 0 Å². The maximum absolute atomic E-state index is 12.9. The molecule has 0 radical (unpaired) electrons. The van der Waals surface area contributed by atoms with Crippen LogP contribution in [0.2, 0.25) is 0 Å². The first-order valence-corrected chi connectivity index (χ1v) is 9.41. The van der Waals surface area contributed by atoms with E-state index < -0.39 is 0 Å². The number of aromatic amines is 1. The molecule has 4 rings (SSSR count). The number of rotatable bonds is 4. The summed E-state index contributed by atoms with van der Waals surface area (Å²) in [4.78, 5) is 28.8. The smallest absolute Gasteiger partial charge is 0.270 e. The zero-order valence-electron chi connectivity index (χ0n) is 15.3. The Hall–Kier alpha value is -3.08. The molecule has 1 heterocycles. The molecule has 1 fully saturated rings. The van der Waals surface area contributed by atoms with Gasteiger partial charge in [-0.05, 0) is 38.0 Å². The van der Waals surface area contributed by atoms with Crippen molar-refractivity contribution in [1.82, 2.24) is 10.3 Å². The Morgan fingerprint density at radius 2 is 1.78 bits per heavy atom. The van der Waals surface area contributed by atoms with Gasteiger partial charge in [-0.1, -0.05) is 48.7 Å². The summed E-state index contributed by atoms with van der Waals surface area (Å²) >= 11 is 0. The van der Waals surface area contributed by atoms with Crippen molar-refractivity contribution in [2.75, 3.05) is 5.32 Å². The topological polar surface area (TPSA) is 74.0 Å². The molecule has 1 aromatic heterocycles. The number of benzene rings is 2. The van der Waals surface area contributed by atoms with Crippen LogP contribution in [-0.2, 0) is 0 Å². The second-order valence-electron chi connectivity index (χ2n) is 7.20. The Kier molecular flexibility index (Phi) is 4.67. The molecule has 1 saturated carbocycles. The van der Waals surface area contributed by atoms with Crippen molar-refractivity contribution in [3.8, 4) is 0 Å². The molecule has 2 aromatic carbocycles. The van der Waals surface area contributed by atoms with Crippen molar-refractivity contribution in [1.29, 1.82) is 0 Å². The third-order valence-corrected chi connectivity index (χ3v) is 5.14. The van der Waals surface area contributed by atoms with E-state index in [2.05, 4.69) is 15.6 Å². The molecule has 3 N–H and O–H groups in total. The van der Waals surface area contributed by atoms with E-state index >= 15 is 0 Å². The lowest BCUT2D eigenvalue weighted by Gasteiger charge is -2.13. The standard InChI is InChI=1S/C22H23N3O2/c1-14-7-6-8-15(13-14)21(26)25-19-17-11-4-5-12-18(17)24-20(19)22(27)23-16-9-2-3-10-16/h4-8,11-13,16,24H,2-3,9-10H2,1H3,(H,23,27)(H,25,26). The highest BCUT2D eigenvalue weighted by Crippen LogP contribution is 2.29. The maximum atomic E-state index is 12.9. The first-order valence-electron chi connectivity index (χ1n) is 9.41. The quantitative estimate of drug-likeness (QED) is 0.644. The molecule has 27 heavy (non-hydrogen) atoms. The lowest BCUT2D eigenvalue weighted by molar-refractivity contribution is 0.0934. The van der Waals surface area contributed by atoms with Gasteiger partial charge in [-0.15, -0.1) is 0 Å². The Morgan fingerprint density at radius 3 is 2.56 bits per heavy atom. The van der Waals surface area contributed by atoms with Crippen molar-refractivity contribution in [2.45, 2.75) is 38.6 Å². The number of anilines is 1. The number of para-hydroxylation sites is 1. The normalized spacial score (nSPS) is 14.4. The lowest BCUT2D eigenvalue weighted by atomic mass is 10.1. The van der Waals surface area contributed by atoms with Crippen LogP contribution in [0.5, 0.6) is 0 Å². The van der Waals surface area contributed by atoms with Crippen molar-refractivity contribution < 1.29 is 9.59 Å². The lowest BCUT2D eigenvalue weighted by Crippen LogP contribution is -2.33. The number of carbonyl (C=O) groups is 2. The summed E-state index contributed by atoms with van der Waals surface area (Å²) in [6.45, 7) is 1.95. The second kappa shape index (κ2) is 7.27. The molecular formula is C22H23N3O2. The highest BCUT2D eigenvalue weighted by atomic mass is 16.2. The largest absolute Gasteiger partial charge is 0.349 e. The molecule has 0 bridgehead atoms. The summed E-state index contributed by atoms with van der Waals surface area (Å²) in [5, 5.41) is 6.88. The van der Waals surface area contributed by atoms with Gasteiger partial charge in [0.15, 0.2) is 0 Å². The van der Waals surface area contributed by atoms with Gasteiger partial charge in [-0.3, -0.25) is 9.59 Å². The van der Waals surface area contributed by atoms with Crippen LogP contribution in [0.1, 0.15) is 52.1 Å².